The second-order valence-electron chi connectivity index (χ2n) is 7.39. The molecule has 1 amide bonds. The number of hydrogen-bond donors (Lipinski definition) is 1. The molecule has 0 bridgehead atoms. The van der Waals surface area contributed by atoms with Gasteiger partial charge in [-0.25, -0.2) is 15.0 Å². The number of nitrogens with zero attached hydrogens (tertiary/aromatic N) is 5. The van der Waals surface area contributed by atoms with E-state index in [1.54, 1.807) is 19.2 Å². The number of piperazine rings is 1. The molecular formula is C22H23ClN6O. The molecule has 0 atom stereocenters. The molecule has 2 aromatic heterocycles. The first-order valence-corrected chi connectivity index (χ1v) is 10.2. The first-order valence-electron chi connectivity index (χ1n) is 9.78. The van der Waals surface area contributed by atoms with Crippen molar-refractivity contribution in [3.63, 3.8) is 0 Å². The van der Waals surface area contributed by atoms with Crippen molar-refractivity contribution in [1.82, 2.24) is 19.9 Å². The van der Waals surface area contributed by atoms with E-state index in [0.717, 1.165) is 43.0 Å². The second kappa shape index (κ2) is 8.77. The molecule has 7 nitrogen and oxygen atoms in total. The molecule has 154 valence electrons. The molecule has 0 saturated carbocycles. The minimum atomic E-state index is -0.296. The van der Waals surface area contributed by atoms with E-state index in [1.165, 1.54) is 12.4 Å². The first kappa shape index (κ1) is 20.3. The van der Waals surface area contributed by atoms with Crippen LogP contribution in [-0.4, -0.2) is 59.0 Å². The summed E-state index contributed by atoms with van der Waals surface area (Å²) in [4.78, 5) is 29.4. The van der Waals surface area contributed by atoms with E-state index in [2.05, 4.69) is 43.2 Å². The summed E-state index contributed by atoms with van der Waals surface area (Å²) < 4.78 is 0. The molecule has 3 aromatic rings. The van der Waals surface area contributed by atoms with Crippen LogP contribution in [0.4, 0.5) is 11.5 Å². The average molecular weight is 423 g/mol. The summed E-state index contributed by atoms with van der Waals surface area (Å²) in [6.07, 6.45) is 4.73. The highest BCUT2D eigenvalue weighted by Gasteiger charge is 2.16. The zero-order valence-electron chi connectivity index (χ0n) is 17.0. The minimum Gasteiger partial charge on any atom is -0.369 e. The number of hydrogen-bond acceptors (Lipinski definition) is 6. The van der Waals surface area contributed by atoms with Gasteiger partial charge in [0.1, 0.15) is 11.6 Å². The number of anilines is 2. The summed E-state index contributed by atoms with van der Waals surface area (Å²) in [5.74, 6) is 0.785. The van der Waals surface area contributed by atoms with Crippen LogP contribution in [0.2, 0.25) is 5.02 Å². The van der Waals surface area contributed by atoms with Gasteiger partial charge in [0.25, 0.3) is 5.91 Å². The topological polar surface area (TPSA) is 74.2 Å². The van der Waals surface area contributed by atoms with Gasteiger partial charge < -0.3 is 15.1 Å². The zero-order chi connectivity index (χ0) is 21.1. The van der Waals surface area contributed by atoms with Crippen molar-refractivity contribution in [3.05, 3.63) is 65.3 Å². The molecule has 1 aromatic carbocycles. The highest BCUT2D eigenvalue weighted by molar-refractivity contribution is 6.31. The Balaban J connectivity index is 1.49. The number of nitrogens with one attached hydrogen (secondary N) is 1. The summed E-state index contributed by atoms with van der Waals surface area (Å²) >= 11 is 6.40. The Morgan fingerprint density at radius 2 is 1.70 bits per heavy atom. The standard InChI is InChI=1S/C22H23ClN6O/c1-15-24-13-18(14-25-15)22(30)27-21-4-3-16(12-26-21)17-9-19(23)11-20(10-17)29-7-5-28(2)6-8-29/h3-4,9-14H,5-8H2,1-2H3,(H,26,27,30). The number of benzene rings is 1. The Labute approximate surface area is 180 Å². The number of likely N-dealkylation sites (N-methyl/N-ethyl adjacent to an activating group) is 1. The molecule has 30 heavy (non-hydrogen) atoms. The van der Waals surface area contributed by atoms with Crippen molar-refractivity contribution in [2.24, 2.45) is 0 Å². The lowest BCUT2D eigenvalue weighted by Gasteiger charge is -2.34. The van der Waals surface area contributed by atoms with Gasteiger partial charge in [0.05, 0.1) is 5.56 Å². The smallest absolute Gasteiger partial charge is 0.259 e. The molecule has 1 aliphatic rings. The van der Waals surface area contributed by atoms with Gasteiger partial charge in [0.2, 0.25) is 0 Å². The van der Waals surface area contributed by atoms with Gasteiger partial charge in [-0.15, -0.1) is 0 Å². The molecule has 0 unspecified atom stereocenters. The Morgan fingerprint density at radius 1 is 0.967 bits per heavy atom. The predicted molar refractivity (Wildman–Crippen MR) is 119 cm³/mol. The number of halogens is 1. The maximum Gasteiger partial charge on any atom is 0.259 e. The van der Waals surface area contributed by atoms with Crippen LogP contribution in [0.25, 0.3) is 11.1 Å². The third-order valence-electron chi connectivity index (χ3n) is 5.13. The maximum atomic E-state index is 12.3. The van der Waals surface area contributed by atoms with Gasteiger partial charge in [0.15, 0.2) is 0 Å². The van der Waals surface area contributed by atoms with Gasteiger partial charge in [0, 0.05) is 61.0 Å². The molecule has 1 aliphatic heterocycles. The summed E-state index contributed by atoms with van der Waals surface area (Å²) in [6.45, 7) is 5.78. The van der Waals surface area contributed by atoms with E-state index in [0.29, 0.717) is 22.2 Å². The van der Waals surface area contributed by atoms with E-state index in [-0.39, 0.29) is 5.91 Å². The monoisotopic (exact) mass is 422 g/mol. The van der Waals surface area contributed by atoms with Crippen LogP contribution < -0.4 is 10.2 Å². The summed E-state index contributed by atoms with van der Waals surface area (Å²) in [6, 6.07) is 9.77. The third kappa shape index (κ3) is 4.75. The highest BCUT2D eigenvalue weighted by Crippen LogP contribution is 2.30. The fourth-order valence-electron chi connectivity index (χ4n) is 3.32. The van der Waals surface area contributed by atoms with Crippen LogP contribution in [0.1, 0.15) is 16.2 Å². The number of carbonyl (C=O) groups excluding carboxylic acids is 1. The van der Waals surface area contributed by atoms with E-state index in [9.17, 15) is 4.79 Å². The van der Waals surface area contributed by atoms with Crippen molar-refractivity contribution < 1.29 is 4.79 Å². The molecule has 3 heterocycles. The number of aromatic nitrogens is 3. The van der Waals surface area contributed by atoms with Gasteiger partial charge in [-0.2, -0.15) is 0 Å². The molecule has 4 rings (SSSR count). The second-order valence-corrected chi connectivity index (χ2v) is 7.83. The molecule has 0 radical (unpaired) electrons. The fraction of sp³-hybridized carbons (Fsp3) is 0.273. The van der Waals surface area contributed by atoms with E-state index >= 15 is 0 Å². The van der Waals surface area contributed by atoms with E-state index in [4.69, 9.17) is 11.6 Å². The summed E-state index contributed by atoms with van der Waals surface area (Å²) in [5, 5.41) is 3.46. The number of amides is 1. The van der Waals surface area contributed by atoms with Crippen LogP contribution >= 0.6 is 11.6 Å². The zero-order valence-corrected chi connectivity index (χ0v) is 17.7. The summed E-state index contributed by atoms with van der Waals surface area (Å²) in [5.41, 5.74) is 3.43. The molecule has 1 N–H and O–H groups in total. The van der Waals surface area contributed by atoms with Gasteiger partial charge in [-0.05, 0) is 49.9 Å². The van der Waals surface area contributed by atoms with Crippen LogP contribution in [0.3, 0.4) is 0 Å². The molecule has 0 spiro atoms. The molecular weight excluding hydrogens is 400 g/mol. The van der Waals surface area contributed by atoms with Crippen molar-refractivity contribution >= 4 is 29.0 Å². The number of rotatable bonds is 4. The van der Waals surface area contributed by atoms with Crippen molar-refractivity contribution in [2.75, 3.05) is 43.4 Å². The van der Waals surface area contributed by atoms with Crippen LogP contribution in [0.15, 0.2) is 48.9 Å². The molecule has 8 heteroatoms. The van der Waals surface area contributed by atoms with Crippen LogP contribution in [-0.2, 0) is 0 Å². The average Bonchev–Trinajstić information content (AvgIpc) is 2.75. The largest absolute Gasteiger partial charge is 0.369 e. The van der Waals surface area contributed by atoms with Crippen molar-refractivity contribution in [1.29, 1.82) is 0 Å². The Hall–Kier alpha value is -3.03. The van der Waals surface area contributed by atoms with Crippen LogP contribution in [0.5, 0.6) is 0 Å². The fourth-order valence-corrected chi connectivity index (χ4v) is 3.55. The number of aryl methyl sites for hydroxylation is 1. The van der Waals surface area contributed by atoms with Gasteiger partial charge in [-0.1, -0.05) is 11.6 Å². The third-order valence-corrected chi connectivity index (χ3v) is 5.35. The predicted octanol–water partition coefficient (Wildman–Crippen LogP) is 3.50. The number of pyridine rings is 1. The normalized spacial score (nSPS) is 14.6. The lowest BCUT2D eigenvalue weighted by molar-refractivity contribution is 0.102. The molecule has 1 fully saturated rings. The number of carbonyl (C=O) groups is 1. The van der Waals surface area contributed by atoms with E-state index < -0.39 is 0 Å². The first-order chi connectivity index (χ1) is 14.5. The minimum absolute atomic E-state index is 0.296. The van der Waals surface area contributed by atoms with E-state index in [1.807, 2.05) is 18.2 Å². The summed E-state index contributed by atoms with van der Waals surface area (Å²) in [7, 11) is 2.14. The SMILES string of the molecule is Cc1ncc(C(=O)Nc2ccc(-c3cc(Cl)cc(N4CCN(C)CC4)c3)cn2)cn1. The quantitative estimate of drug-likeness (QED) is 0.693. The Morgan fingerprint density at radius 3 is 2.37 bits per heavy atom. The van der Waals surface area contributed by atoms with Gasteiger partial charge in [-0.3, -0.25) is 4.79 Å². The van der Waals surface area contributed by atoms with Gasteiger partial charge >= 0.3 is 0 Å². The Kier molecular flexibility index (Phi) is 5.92. The van der Waals surface area contributed by atoms with Crippen molar-refractivity contribution in [2.45, 2.75) is 6.92 Å². The molecule has 1 saturated heterocycles. The lowest BCUT2D eigenvalue weighted by atomic mass is 10.1. The Bertz CT molecular complexity index is 1030. The van der Waals surface area contributed by atoms with Crippen LogP contribution in [0, 0.1) is 6.92 Å². The lowest BCUT2D eigenvalue weighted by Crippen LogP contribution is -2.44. The van der Waals surface area contributed by atoms with Crippen molar-refractivity contribution in [3.8, 4) is 11.1 Å². The molecule has 0 aliphatic carbocycles. The highest BCUT2D eigenvalue weighted by atomic mass is 35.5. The maximum absolute atomic E-state index is 12.3.